The number of hydrogen-bond donors (Lipinski definition) is 1. The number of likely N-dealkylation sites (N-methyl/N-ethyl adjacent to an activating group) is 1. The van der Waals surface area contributed by atoms with E-state index in [1.165, 1.54) is 0 Å². The lowest BCUT2D eigenvalue weighted by Crippen LogP contribution is -2.58. The van der Waals surface area contributed by atoms with Gasteiger partial charge in [-0.05, 0) is 39.2 Å². The number of carbonyl (C=O) groups excluding carboxylic acids is 1. The van der Waals surface area contributed by atoms with E-state index in [2.05, 4.69) is 10.4 Å². The Bertz CT molecular complexity index is 485. The van der Waals surface area contributed by atoms with Crippen molar-refractivity contribution < 1.29 is 9.53 Å². The summed E-state index contributed by atoms with van der Waals surface area (Å²) in [6.45, 7) is 7.30. The minimum atomic E-state index is -0.690. The van der Waals surface area contributed by atoms with Gasteiger partial charge < -0.3 is 10.1 Å². The Balaban J connectivity index is 2.30. The first-order valence-electron chi connectivity index (χ1n) is 7.15. The van der Waals surface area contributed by atoms with Crippen molar-refractivity contribution in [1.82, 2.24) is 15.1 Å². The van der Waals surface area contributed by atoms with Crippen molar-refractivity contribution in [2.24, 2.45) is 5.92 Å². The molecule has 1 aliphatic carbocycles. The van der Waals surface area contributed by atoms with Crippen molar-refractivity contribution in [1.29, 1.82) is 0 Å². The molecule has 0 aliphatic heterocycles. The topological polar surface area (TPSA) is 56.2 Å². The Morgan fingerprint density at radius 3 is 2.75 bits per heavy atom. The second-order valence-corrected chi connectivity index (χ2v) is 5.64. The fourth-order valence-corrected chi connectivity index (χ4v) is 2.74. The Kier molecular flexibility index (Phi) is 4.70. The highest BCUT2D eigenvalue weighted by Crippen LogP contribution is 2.41. The lowest BCUT2D eigenvalue weighted by Gasteiger charge is -2.32. The summed E-state index contributed by atoms with van der Waals surface area (Å²) in [4.78, 5) is 12.5. The molecule has 0 aromatic carbocycles. The first-order valence-corrected chi connectivity index (χ1v) is 7.53. The Morgan fingerprint density at radius 1 is 1.60 bits per heavy atom. The first-order chi connectivity index (χ1) is 9.55. The minimum Gasteiger partial charge on any atom is -0.465 e. The molecule has 1 aliphatic rings. The summed E-state index contributed by atoms with van der Waals surface area (Å²) in [6.07, 6.45) is 3.70. The highest BCUT2D eigenvalue weighted by Gasteiger charge is 2.52. The van der Waals surface area contributed by atoms with E-state index in [1.54, 1.807) is 10.9 Å². The third-order valence-electron chi connectivity index (χ3n) is 3.85. The number of esters is 1. The van der Waals surface area contributed by atoms with Gasteiger partial charge in [0, 0.05) is 0 Å². The fraction of sp³-hybridized carbons (Fsp3) is 0.714. The molecule has 1 saturated carbocycles. The molecule has 20 heavy (non-hydrogen) atoms. The quantitative estimate of drug-likeness (QED) is 0.784. The van der Waals surface area contributed by atoms with E-state index in [9.17, 15) is 4.79 Å². The third-order valence-corrected chi connectivity index (χ3v) is 4.22. The standard InChI is InChI=1S/C14H22ClN3O2/c1-4-16-14(11-6-7-11,13(19)20-5-2)9-18-10(3)12(15)8-17-18/h8,11,16H,4-7,9H2,1-3H3. The summed E-state index contributed by atoms with van der Waals surface area (Å²) in [5.74, 6) is 0.124. The zero-order valence-electron chi connectivity index (χ0n) is 12.3. The maximum Gasteiger partial charge on any atom is 0.328 e. The van der Waals surface area contributed by atoms with Crippen LogP contribution in [0.5, 0.6) is 0 Å². The molecule has 6 heteroatoms. The average Bonchev–Trinajstić information content (AvgIpc) is 3.22. The normalized spacial score (nSPS) is 17.8. The molecule has 2 rings (SSSR count). The number of nitrogens with zero attached hydrogens (tertiary/aromatic N) is 2. The molecule has 0 amide bonds. The predicted molar refractivity (Wildman–Crippen MR) is 77.7 cm³/mol. The van der Waals surface area contributed by atoms with Crippen LogP contribution in [0, 0.1) is 12.8 Å². The molecule has 0 spiro atoms. The Morgan fingerprint density at radius 2 is 2.30 bits per heavy atom. The number of ether oxygens (including phenoxy) is 1. The molecule has 1 aromatic rings. The summed E-state index contributed by atoms with van der Waals surface area (Å²) >= 11 is 6.05. The van der Waals surface area contributed by atoms with Crippen LogP contribution in [-0.4, -0.2) is 34.4 Å². The van der Waals surface area contributed by atoms with E-state index in [0.717, 1.165) is 18.5 Å². The molecule has 112 valence electrons. The van der Waals surface area contributed by atoms with Gasteiger partial charge in [0.05, 0.1) is 30.1 Å². The number of aromatic nitrogens is 2. The fourth-order valence-electron chi connectivity index (χ4n) is 2.60. The van der Waals surface area contributed by atoms with Gasteiger partial charge in [0.2, 0.25) is 0 Å². The maximum absolute atomic E-state index is 12.5. The summed E-state index contributed by atoms with van der Waals surface area (Å²) in [6, 6.07) is 0. The number of hydrogen-bond acceptors (Lipinski definition) is 4. The molecular formula is C14H22ClN3O2. The van der Waals surface area contributed by atoms with E-state index in [0.29, 0.717) is 30.6 Å². The van der Waals surface area contributed by atoms with Crippen molar-refractivity contribution in [2.75, 3.05) is 13.2 Å². The number of nitrogens with one attached hydrogen (secondary N) is 1. The monoisotopic (exact) mass is 299 g/mol. The van der Waals surface area contributed by atoms with Crippen LogP contribution in [0.2, 0.25) is 5.02 Å². The maximum atomic E-state index is 12.5. The van der Waals surface area contributed by atoms with Crippen LogP contribution >= 0.6 is 11.6 Å². The molecule has 5 nitrogen and oxygen atoms in total. The van der Waals surface area contributed by atoms with Crippen LogP contribution in [0.4, 0.5) is 0 Å². The van der Waals surface area contributed by atoms with E-state index >= 15 is 0 Å². The summed E-state index contributed by atoms with van der Waals surface area (Å²) < 4.78 is 7.10. The van der Waals surface area contributed by atoms with Crippen molar-refractivity contribution >= 4 is 17.6 Å². The summed E-state index contributed by atoms with van der Waals surface area (Å²) in [5.41, 5.74) is 0.184. The second-order valence-electron chi connectivity index (χ2n) is 5.23. The van der Waals surface area contributed by atoms with Crippen LogP contribution < -0.4 is 5.32 Å². The van der Waals surface area contributed by atoms with Gasteiger partial charge in [-0.1, -0.05) is 18.5 Å². The lowest BCUT2D eigenvalue weighted by molar-refractivity contribution is -0.153. The minimum absolute atomic E-state index is 0.185. The van der Waals surface area contributed by atoms with Crippen LogP contribution in [0.25, 0.3) is 0 Å². The van der Waals surface area contributed by atoms with Gasteiger partial charge in [-0.15, -0.1) is 0 Å². The zero-order chi connectivity index (χ0) is 14.8. The van der Waals surface area contributed by atoms with Crippen molar-refractivity contribution in [2.45, 2.75) is 45.7 Å². The van der Waals surface area contributed by atoms with E-state index in [4.69, 9.17) is 16.3 Å². The molecule has 1 atom stereocenters. The van der Waals surface area contributed by atoms with E-state index in [-0.39, 0.29) is 5.97 Å². The number of halogens is 1. The second kappa shape index (κ2) is 6.14. The predicted octanol–water partition coefficient (Wildman–Crippen LogP) is 2.17. The molecule has 1 N–H and O–H groups in total. The smallest absolute Gasteiger partial charge is 0.328 e. The zero-order valence-corrected chi connectivity index (χ0v) is 13.0. The van der Waals surface area contributed by atoms with Gasteiger partial charge in [-0.25, -0.2) is 4.79 Å². The van der Waals surface area contributed by atoms with Gasteiger partial charge in [0.1, 0.15) is 5.54 Å². The molecular weight excluding hydrogens is 278 g/mol. The highest BCUT2D eigenvalue weighted by atomic mass is 35.5. The average molecular weight is 300 g/mol. The lowest BCUT2D eigenvalue weighted by atomic mass is 9.92. The molecule has 0 saturated heterocycles. The number of rotatable bonds is 7. The highest BCUT2D eigenvalue weighted by molar-refractivity contribution is 6.31. The van der Waals surface area contributed by atoms with E-state index < -0.39 is 5.54 Å². The summed E-state index contributed by atoms with van der Waals surface area (Å²) in [5, 5.41) is 8.24. The molecule has 0 bridgehead atoms. The van der Waals surface area contributed by atoms with Gasteiger partial charge >= 0.3 is 5.97 Å². The van der Waals surface area contributed by atoms with Gasteiger partial charge in [-0.3, -0.25) is 4.68 Å². The van der Waals surface area contributed by atoms with E-state index in [1.807, 2.05) is 20.8 Å². The van der Waals surface area contributed by atoms with Gasteiger partial charge in [0.15, 0.2) is 0 Å². The summed E-state index contributed by atoms with van der Waals surface area (Å²) in [7, 11) is 0. The van der Waals surface area contributed by atoms with Crippen molar-refractivity contribution in [3.8, 4) is 0 Å². The molecule has 1 heterocycles. The SMILES string of the molecule is CCNC(Cn1ncc(Cl)c1C)(C(=O)OCC)C1CC1. The van der Waals surface area contributed by atoms with Crippen LogP contribution in [0.1, 0.15) is 32.4 Å². The molecule has 0 radical (unpaired) electrons. The van der Waals surface area contributed by atoms with Crippen molar-refractivity contribution in [3.05, 3.63) is 16.9 Å². The van der Waals surface area contributed by atoms with Gasteiger partial charge in [0.25, 0.3) is 0 Å². The van der Waals surface area contributed by atoms with Crippen molar-refractivity contribution in [3.63, 3.8) is 0 Å². The number of carbonyl (C=O) groups is 1. The largest absolute Gasteiger partial charge is 0.465 e. The van der Waals surface area contributed by atoms with Crippen LogP contribution in [-0.2, 0) is 16.1 Å². The van der Waals surface area contributed by atoms with Crippen LogP contribution in [0.3, 0.4) is 0 Å². The molecule has 1 aromatic heterocycles. The molecule has 1 unspecified atom stereocenters. The van der Waals surface area contributed by atoms with Crippen LogP contribution in [0.15, 0.2) is 6.20 Å². The Labute approximate surface area is 124 Å². The molecule has 1 fully saturated rings. The first kappa shape index (κ1) is 15.3. The van der Waals surface area contributed by atoms with Gasteiger partial charge in [-0.2, -0.15) is 5.10 Å². The third kappa shape index (κ3) is 2.83. The Hall–Kier alpha value is -1.07.